The zero-order valence-corrected chi connectivity index (χ0v) is 18.8. The lowest BCUT2D eigenvalue weighted by Crippen LogP contribution is -2.51. The van der Waals surface area contributed by atoms with E-state index in [0.717, 1.165) is 22.3 Å². The molecule has 2 aromatic carbocycles. The third kappa shape index (κ3) is 5.70. The second-order valence-electron chi connectivity index (χ2n) is 8.27. The Kier molecular flexibility index (Phi) is 8.06. The van der Waals surface area contributed by atoms with Gasteiger partial charge in [-0.2, -0.15) is 0 Å². The standard InChI is InChI=1S/C25H30N2O6/c1-3-15(2)22(23(29)26-13-12-21(28)24(30)31)27-25(32)33-14-20-18-10-6-4-8-16(18)17-9-5-7-11-19(17)20/h4-11,15,20-22,28H,3,12-14H2,1-2H3,(H,26,29)(H,27,32)(H,30,31). The van der Waals surface area contributed by atoms with Crippen LogP contribution in [0.2, 0.25) is 0 Å². The molecular formula is C25H30N2O6. The molecule has 3 rings (SSSR count). The maximum atomic E-state index is 12.6. The van der Waals surface area contributed by atoms with Crippen LogP contribution in [-0.4, -0.2) is 53.5 Å². The summed E-state index contributed by atoms with van der Waals surface area (Å²) < 4.78 is 5.54. The number of amides is 2. The van der Waals surface area contributed by atoms with Gasteiger partial charge in [0.2, 0.25) is 5.91 Å². The van der Waals surface area contributed by atoms with Crippen molar-refractivity contribution in [1.29, 1.82) is 0 Å². The number of fused-ring (bicyclic) bond motifs is 3. The quantitative estimate of drug-likeness (QED) is 0.438. The van der Waals surface area contributed by atoms with Crippen molar-refractivity contribution in [2.24, 2.45) is 5.92 Å². The first-order valence-corrected chi connectivity index (χ1v) is 11.1. The molecule has 0 heterocycles. The maximum absolute atomic E-state index is 12.6. The van der Waals surface area contributed by atoms with Crippen LogP contribution >= 0.6 is 0 Å². The number of aliphatic hydroxyl groups excluding tert-OH is 1. The van der Waals surface area contributed by atoms with Gasteiger partial charge in [0.25, 0.3) is 0 Å². The number of carbonyl (C=O) groups is 3. The topological polar surface area (TPSA) is 125 Å². The van der Waals surface area contributed by atoms with Gasteiger partial charge >= 0.3 is 12.1 Å². The minimum atomic E-state index is -1.55. The Labute approximate surface area is 193 Å². The summed E-state index contributed by atoms with van der Waals surface area (Å²) in [6, 6.07) is 15.2. The molecule has 8 heteroatoms. The van der Waals surface area contributed by atoms with E-state index in [9.17, 15) is 19.5 Å². The summed E-state index contributed by atoms with van der Waals surface area (Å²) in [7, 11) is 0. The lowest BCUT2D eigenvalue weighted by Gasteiger charge is -2.24. The van der Waals surface area contributed by atoms with Gasteiger partial charge in [-0.3, -0.25) is 4.79 Å². The maximum Gasteiger partial charge on any atom is 0.407 e. The van der Waals surface area contributed by atoms with Gasteiger partial charge < -0.3 is 25.6 Å². The van der Waals surface area contributed by atoms with Crippen LogP contribution in [0.5, 0.6) is 0 Å². The number of carbonyl (C=O) groups excluding carboxylic acids is 2. The van der Waals surface area contributed by atoms with Crippen molar-refractivity contribution in [2.45, 2.75) is 44.8 Å². The number of nitrogens with one attached hydrogen (secondary N) is 2. The van der Waals surface area contributed by atoms with Crippen LogP contribution in [0.25, 0.3) is 11.1 Å². The molecule has 176 valence electrons. The van der Waals surface area contributed by atoms with Crippen molar-refractivity contribution < 1.29 is 29.3 Å². The molecule has 8 nitrogen and oxygen atoms in total. The average Bonchev–Trinajstić information content (AvgIpc) is 3.14. The molecule has 3 atom stereocenters. The van der Waals surface area contributed by atoms with Gasteiger partial charge in [-0.1, -0.05) is 68.8 Å². The molecule has 3 unspecified atom stereocenters. The van der Waals surface area contributed by atoms with E-state index in [1.165, 1.54) is 0 Å². The van der Waals surface area contributed by atoms with E-state index in [2.05, 4.69) is 22.8 Å². The third-order valence-electron chi connectivity index (χ3n) is 6.11. The Morgan fingerprint density at radius 2 is 1.61 bits per heavy atom. The van der Waals surface area contributed by atoms with Gasteiger partial charge in [0.1, 0.15) is 12.6 Å². The molecule has 0 fully saturated rings. The predicted octanol–water partition coefficient (Wildman–Crippen LogP) is 2.89. The van der Waals surface area contributed by atoms with E-state index in [4.69, 9.17) is 9.84 Å². The fraction of sp³-hybridized carbons (Fsp3) is 0.400. The first-order valence-electron chi connectivity index (χ1n) is 11.1. The molecule has 2 amide bonds. The first kappa shape index (κ1) is 24.3. The largest absolute Gasteiger partial charge is 0.479 e. The van der Waals surface area contributed by atoms with Crippen molar-refractivity contribution in [3.63, 3.8) is 0 Å². The van der Waals surface area contributed by atoms with Gasteiger partial charge in [-0.15, -0.1) is 0 Å². The highest BCUT2D eigenvalue weighted by molar-refractivity contribution is 5.86. The van der Waals surface area contributed by atoms with E-state index >= 15 is 0 Å². The number of aliphatic hydroxyl groups is 1. The normalized spacial score (nSPS) is 15.0. The van der Waals surface area contributed by atoms with Crippen molar-refractivity contribution in [2.75, 3.05) is 13.2 Å². The Hall–Kier alpha value is -3.39. The second-order valence-corrected chi connectivity index (χ2v) is 8.27. The van der Waals surface area contributed by atoms with Gasteiger partial charge in [-0.05, 0) is 28.2 Å². The summed E-state index contributed by atoms with van der Waals surface area (Å²) in [5.74, 6) is -2.05. The van der Waals surface area contributed by atoms with E-state index in [0.29, 0.717) is 6.42 Å². The summed E-state index contributed by atoms with van der Waals surface area (Å²) >= 11 is 0. The molecule has 0 spiro atoms. The number of carboxylic acids is 1. The van der Waals surface area contributed by atoms with Crippen LogP contribution in [-0.2, 0) is 14.3 Å². The zero-order chi connectivity index (χ0) is 24.0. The molecule has 0 aliphatic heterocycles. The fourth-order valence-electron chi connectivity index (χ4n) is 4.03. The predicted molar refractivity (Wildman–Crippen MR) is 123 cm³/mol. The number of ether oxygens (including phenoxy) is 1. The molecular weight excluding hydrogens is 424 g/mol. The number of hydrogen-bond donors (Lipinski definition) is 4. The highest BCUT2D eigenvalue weighted by Crippen LogP contribution is 2.44. The number of alkyl carbamates (subject to hydrolysis) is 1. The number of benzene rings is 2. The van der Waals surface area contributed by atoms with Crippen LogP contribution in [0.3, 0.4) is 0 Å². The van der Waals surface area contributed by atoms with Crippen molar-refractivity contribution >= 4 is 18.0 Å². The molecule has 0 aromatic heterocycles. The van der Waals surface area contributed by atoms with Crippen LogP contribution < -0.4 is 10.6 Å². The summed E-state index contributed by atoms with van der Waals surface area (Å²) in [5, 5.41) is 23.3. The lowest BCUT2D eigenvalue weighted by molar-refractivity contribution is -0.147. The number of hydrogen-bond acceptors (Lipinski definition) is 5. The van der Waals surface area contributed by atoms with Gasteiger partial charge in [-0.25, -0.2) is 9.59 Å². The number of carboxylic acid groups (broad SMARTS) is 1. The van der Waals surface area contributed by atoms with Gasteiger partial charge in [0.05, 0.1) is 0 Å². The third-order valence-corrected chi connectivity index (χ3v) is 6.11. The first-order chi connectivity index (χ1) is 15.8. The molecule has 33 heavy (non-hydrogen) atoms. The summed E-state index contributed by atoms with van der Waals surface area (Å²) in [6.45, 7) is 3.85. The summed E-state index contributed by atoms with van der Waals surface area (Å²) in [5.41, 5.74) is 4.45. The summed E-state index contributed by atoms with van der Waals surface area (Å²) in [6.07, 6.45) is -1.73. The molecule has 4 N–H and O–H groups in total. The number of rotatable bonds is 10. The Morgan fingerprint density at radius 1 is 1.03 bits per heavy atom. The van der Waals surface area contributed by atoms with Crippen LogP contribution in [0.15, 0.2) is 48.5 Å². The van der Waals surface area contributed by atoms with Crippen molar-refractivity contribution in [3.05, 3.63) is 59.7 Å². The minimum absolute atomic E-state index is 0.0222. The fourth-order valence-corrected chi connectivity index (χ4v) is 4.03. The molecule has 1 aliphatic rings. The van der Waals surface area contributed by atoms with E-state index < -0.39 is 30.1 Å². The van der Waals surface area contributed by atoms with Crippen LogP contribution in [0.1, 0.15) is 43.7 Å². The molecule has 0 saturated heterocycles. The monoisotopic (exact) mass is 454 g/mol. The molecule has 2 aromatic rings. The van der Waals surface area contributed by atoms with Crippen LogP contribution in [0.4, 0.5) is 4.79 Å². The van der Waals surface area contributed by atoms with E-state index in [1.807, 2.05) is 50.2 Å². The molecule has 0 bridgehead atoms. The zero-order valence-electron chi connectivity index (χ0n) is 18.8. The smallest absolute Gasteiger partial charge is 0.407 e. The highest BCUT2D eigenvalue weighted by Gasteiger charge is 2.31. The highest BCUT2D eigenvalue weighted by atomic mass is 16.5. The summed E-state index contributed by atoms with van der Waals surface area (Å²) in [4.78, 5) is 35.9. The molecule has 1 aliphatic carbocycles. The second kappa shape index (κ2) is 11.0. The number of aliphatic carboxylic acids is 1. The van der Waals surface area contributed by atoms with Crippen LogP contribution in [0, 0.1) is 5.92 Å². The van der Waals surface area contributed by atoms with E-state index in [-0.39, 0.29) is 31.4 Å². The SMILES string of the molecule is CCC(C)C(NC(=O)OCC1c2ccccc2-c2ccccc21)C(=O)NCCC(O)C(=O)O. The minimum Gasteiger partial charge on any atom is -0.479 e. The Morgan fingerprint density at radius 3 is 2.15 bits per heavy atom. The Balaban J connectivity index is 1.61. The van der Waals surface area contributed by atoms with Gasteiger partial charge in [0, 0.05) is 18.9 Å². The van der Waals surface area contributed by atoms with Gasteiger partial charge in [0.15, 0.2) is 6.10 Å². The molecule has 0 saturated carbocycles. The van der Waals surface area contributed by atoms with Crippen molar-refractivity contribution in [1.82, 2.24) is 10.6 Å². The Bertz CT molecular complexity index is 962. The lowest BCUT2D eigenvalue weighted by atomic mass is 9.98. The van der Waals surface area contributed by atoms with E-state index in [1.54, 1.807) is 0 Å². The molecule has 0 radical (unpaired) electrons. The average molecular weight is 455 g/mol. The van der Waals surface area contributed by atoms with Crippen molar-refractivity contribution in [3.8, 4) is 11.1 Å².